The number of imide groups is 1. The Bertz CT molecular complexity index is 975. The van der Waals surface area contributed by atoms with Gasteiger partial charge >= 0.3 is 0 Å². The van der Waals surface area contributed by atoms with Gasteiger partial charge in [-0.1, -0.05) is 29.8 Å². The summed E-state index contributed by atoms with van der Waals surface area (Å²) in [5.74, 6) is -1.95. The number of nitrogens with zero attached hydrogens (tertiary/aromatic N) is 1. The monoisotopic (exact) mass is 436 g/mol. The Labute approximate surface area is 174 Å². The van der Waals surface area contributed by atoms with Crippen LogP contribution in [0.4, 0.5) is 13.6 Å². The molecule has 1 heterocycles. The molecule has 0 saturated carbocycles. The molecule has 0 bridgehead atoms. The minimum atomic E-state index is -0.579. The minimum Gasteiger partial charge on any atom is -0.354 e. The van der Waals surface area contributed by atoms with Gasteiger partial charge in [-0.25, -0.2) is 8.78 Å². The van der Waals surface area contributed by atoms with Gasteiger partial charge in [0.15, 0.2) is 0 Å². The van der Waals surface area contributed by atoms with Crippen LogP contribution in [0.1, 0.15) is 11.1 Å². The van der Waals surface area contributed by atoms with Crippen LogP contribution in [0.25, 0.3) is 6.08 Å². The molecule has 1 fully saturated rings. The third kappa shape index (κ3) is 5.21. The topological polar surface area (TPSA) is 66.5 Å². The molecule has 0 atom stereocenters. The number of nitrogens with one attached hydrogen (secondary N) is 1. The summed E-state index contributed by atoms with van der Waals surface area (Å²) in [6, 6.07) is 9.65. The summed E-state index contributed by atoms with van der Waals surface area (Å²) in [4.78, 5) is 37.7. The lowest BCUT2D eigenvalue weighted by Crippen LogP contribution is -2.37. The van der Waals surface area contributed by atoms with Gasteiger partial charge in [-0.15, -0.1) is 0 Å². The number of hydrogen-bond donors (Lipinski definition) is 1. The highest BCUT2D eigenvalue weighted by Crippen LogP contribution is 2.31. The second kappa shape index (κ2) is 9.19. The van der Waals surface area contributed by atoms with Crippen molar-refractivity contribution in [1.82, 2.24) is 10.2 Å². The van der Waals surface area contributed by atoms with Crippen molar-refractivity contribution in [2.45, 2.75) is 6.42 Å². The third-order valence-corrected chi connectivity index (χ3v) is 5.36. The molecule has 0 aliphatic carbocycles. The Kier molecular flexibility index (Phi) is 6.66. The van der Waals surface area contributed by atoms with Crippen LogP contribution < -0.4 is 5.32 Å². The number of hydrogen-bond acceptors (Lipinski definition) is 4. The van der Waals surface area contributed by atoms with Crippen molar-refractivity contribution in [3.05, 3.63) is 75.2 Å². The van der Waals surface area contributed by atoms with Gasteiger partial charge in [0.1, 0.15) is 11.6 Å². The molecule has 5 nitrogen and oxygen atoms in total. The van der Waals surface area contributed by atoms with E-state index in [0.717, 1.165) is 16.7 Å². The van der Waals surface area contributed by atoms with Crippen LogP contribution in [-0.4, -0.2) is 35.0 Å². The van der Waals surface area contributed by atoms with Crippen molar-refractivity contribution >= 4 is 46.5 Å². The molecule has 2 aromatic carbocycles. The molecular formula is C20H15ClF2N2O3S. The summed E-state index contributed by atoms with van der Waals surface area (Å²) in [7, 11) is 0. The van der Waals surface area contributed by atoms with Gasteiger partial charge in [0, 0.05) is 23.7 Å². The number of rotatable bonds is 6. The SMILES string of the molecule is O=C(Cc1c(F)cccc1Cl)NCCN1C(=O)S/C(=C/c2ccc(F)cc2)C1=O. The van der Waals surface area contributed by atoms with Gasteiger partial charge in [-0.05, 0) is 47.7 Å². The fourth-order valence-corrected chi connectivity index (χ4v) is 3.73. The van der Waals surface area contributed by atoms with Gasteiger partial charge in [0.05, 0.1) is 11.3 Å². The molecule has 3 rings (SSSR count). The van der Waals surface area contributed by atoms with Gasteiger partial charge < -0.3 is 5.32 Å². The van der Waals surface area contributed by atoms with E-state index in [4.69, 9.17) is 11.6 Å². The zero-order valence-electron chi connectivity index (χ0n) is 15.0. The van der Waals surface area contributed by atoms with Crippen LogP contribution in [0, 0.1) is 11.6 Å². The summed E-state index contributed by atoms with van der Waals surface area (Å²) >= 11 is 6.66. The lowest BCUT2D eigenvalue weighted by molar-refractivity contribution is -0.124. The first-order valence-electron chi connectivity index (χ1n) is 8.55. The van der Waals surface area contributed by atoms with Crippen LogP contribution in [0.3, 0.4) is 0 Å². The second-order valence-electron chi connectivity index (χ2n) is 6.11. The van der Waals surface area contributed by atoms with Crippen LogP contribution in [0.15, 0.2) is 47.4 Å². The molecule has 1 aliphatic heterocycles. The molecule has 0 spiro atoms. The highest BCUT2D eigenvalue weighted by molar-refractivity contribution is 8.18. The van der Waals surface area contributed by atoms with Crippen molar-refractivity contribution < 1.29 is 23.2 Å². The van der Waals surface area contributed by atoms with E-state index in [2.05, 4.69) is 5.32 Å². The fraction of sp³-hybridized carbons (Fsp3) is 0.150. The molecule has 29 heavy (non-hydrogen) atoms. The number of amides is 3. The molecule has 1 aliphatic rings. The Balaban J connectivity index is 1.55. The summed E-state index contributed by atoms with van der Waals surface area (Å²) in [5, 5.41) is 2.23. The van der Waals surface area contributed by atoms with Gasteiger partial charge in [-0.2, -0.15) is 0 Å². The molecule has 0 radical (unpaired) electrons. The Morgan fingerprint density at radius 1 is 1.14 bits per heavy atom. The van der Waals surface area contributed by atoms with Crippen molar-refractivity contribution in [2.24, 2.45) is 0 Å². The number of carbonyl (C=O) groups is 3. The Hall–Kier alpha value is -2.71. The van der Waals surface area contributed by atoms with E-state index in [-0.39, 0.29) is 35.0 Å². The second-order valence-corrected chi connectivity index (χ2v) is 7.51. The average molecular weight is 437 g/mol. The van der Waals surface area contributed by atoms with Crippen molar-refractivity contribution in [2.75, 3.05) is 13.1 Å². The molecule has 150 valence electrons. The van der Waals surface area contributed by atoms with E-state index in [9.17, 15) is 23.2 Å². The third-order valence-electron chi connectivity index (χ3n) is 4.10. The minimum absolute atomic E-state index is 0.0206. The van der Waals surface area contributed by atoms with E-state index in [0.29, 0.717) is 5.56 Å². The fourth-order valence-electron chi connectivity index (χ4n) is 2.63. The van der Waals surface area contributed by atoms with Crippen LogP contribution in [-0.2, 0) is 16.0 Å². The molecule has 0 unspecified atom stereocenters. The molecule has 9 heteroatoms. The average Bonchev–Trinajstić information content (AvgIpc) is 2.94. The smallest absolute Gasteiger partial charge is 0.293 e. The largest absolute Gasteiger partial charge is 0.354 e. The Morgan fingerprint density at radius 3 is 2.55 bits per heavy atom. The van der Waals surface area contributed by atoms with Crippen molar-refractivity contribution in [3.63, 3.8) is 0 Å². The first kappa shape index (κ1) is 21.0. The molecular weight excluding hydrogens is 422 g/mol. The maximum Gasteiger partial charge on any atom is 0.293 e. The van der Waals surface area contributed by atoms with Crippen LogP contribution >= 0.6 is 23.4 Å². The molecule has 2 aromatic rings. The lowest BCUT2D eigenvalue weighted by Gasteiger charge is -2.13. The summed E-state index contributed by atoms with van der Waals surface area (Å²) in [6.07, 6.45) is 1.25. The predicted octanol–water partition coefficient (Wildman–Crippen LogP) is 4.01. The van der Waals surface area contributed by atoms with Gasteiger partial charge in [0.2, 0.25) is 5.91 Å². The molecule has 0 aromatic heterocycles. The molecule has 3 amide bonds. The number of halogens is 3. The standard InChI is InChI=1S/C20H15ClF2N2O3S/c21-15-2-1-3-16(23)14(15)11-18(26)24-8-9-25-19(27)17(29-20(25)28)10-12-4-6-13(22)7-5-12/h1-7,10H,8-9,11H2,(H,24,26)/b17-10+. The van der Waals surface area contributed by atoms with E-state index in [1.54, 1.807) is 0 Å². The number of benzene rings is 2. The van der Waals surface area contributed by atoms with Gasteiger partial charge in [-0.3, -0.25) is 19.3 Å². The summed E-state index contributed by atoms with van der Waals surface area (Å²) in [5.41, 5.74) is 0.673. The van der Waals surface area contributed by atoms with Crippen molar-refractivity contribution in [3.8, 4) is 0 Å². The first-order chi connectivity index (χ1) is 13.8. The number of thioether (sulfide) groups is 1. The highest BCUT2D eigenvalue weighted by Gasteiger charge is 2.34. The quantitative estimate of drug-likeness (QED) is 0.695. The molecule has 1 N–H and O–H groups in total. The van der Waals surface area contributed by atoms with Crippen molar-refractivity contribution in [1.29, 1.82) is 0 Å². The maximum absolute atomic E-state index is 13.7. The molecule has 1 saturated heterocycles. The number of carbonyl (C=O) groups excluding carboxylic acids is 3. The van der Waals surface area contributed by atoms with Crippen LogP contribution in [0.2, 0.25) is 5.02 Å². The van der Waals surface area contributed by atoms with Gasteiger partial charge in [0.25, 0.3) is 11.1 Å². The summed E-state index contributed by atoms with van der Waals surface area (Å²) < 4.78 is 26.7. The highest BCUT2D eigenvalue weighted by atomic mass is 35.5. The predicted molar refractivity (Wildman–Crippen MR) is 107 cm³/mol. The maximum atomic E-state index is 13.7. The van der Waals surface area contributed by atoms with Crippen LogP contribution in [0.5, 0.6) is 0 Å². The first-order valence-corrected chi connectivity index (χ1v) is 9.75. The normalized spacial score (nSPS) is 15.3. The van der Waals surface area contributed by atoms with E-state index in [1.165, 1.54) is 48.5 Å². The lowest BCUT2D eigenvalue weighted by atomic mass is 10.1. The zero-order chi connectivity index (χ0) is 21.0. The van der Waals surface area contributed by atoms with E-state index < -0.39 is 28.7 Å². The van der Waals surface area contributed by atoms with E-state index in [1.807, 2.05) is 0 Å². The Morgan fingerprint density at radius 2 is 1.86 bits per heavy atom. The zero-order valence-corrected chi connectivity index (χ0v) is 16.5. The summed E-state index contributed by atoms with van der Waals surface area (Å²) in [6.45, 7) is -0.00502. The van der Waals surface area contributed by atoms with E-state index >= 15 is 0 Å².